The molecule has 4 rings (SSSR count). The molecule has 1 saturated carbocycles. The second-order valence-electron chi connectivity index (χ2n) is 7.13. The molecule has 1 atom stereocenters. The summed E-state index contributed by atoms with van der Waals surface area (Å²) in [6.07, 6.45) is 6.77. The van der Waals surface area contributed by atoms with Crippen LogP contribution in [0.5, 0.6) is 0 Å². The normalized spacial score (nSPS) is 21.5. The van der Waals surface area contributed by atoms with Crippen LogP contribution in [0.1, 0.15) is 40.3 Å². The molecular formula is C18H21N5OS. The van der Waals surface area contributed by atoms with Crippen LogP contribution < -0.4 is 0 Å². The number of nitrogens with one attached hydrogen (secondary N) is 1. The summed E-state index contributed by atoms with van der Waals surface area (Å²) in [5.74, 6) is 0.00434. The minimum atomic E-state index is 0.00434. The lowest BCUT2D eigenvalue weighted by molar-refractivity contribution is 0.0652. The van der Waals surface area contributed by atoms with Crippen molar-refractivity contribution >= 4 is 17.2 Å². The van der Waals surface area contributed by atoms with Crippen LogP contribution in [-0.4, -0.2) is 51.9 Å². The first-order chi connectivity index (χ1) is 12.1. The van der Waals surface area contributed by atoms with Crippen molar-refractivity contribution in [2.75, 3.05) is 20.1 Å². The Hall–Kier alpha value is -2.17. The lowest BCUT2D eigenvalue weighted by atomic mass is 9.92. The quantitative estimate of drug-likeness (QED) is 0.914. The number of thiazole rings is 1. The topological polar surface area (TPSA) is 76.0 Å². The fourth-order valence-electron chi connectivity index (χ4n) is 4.05. The van der Waals surface area contributed by atoms with Crippen LogP contribution >= 0.6 is 11.3 Å². The molecule has 0 radical (unpaired) electrons. The van der Waals surface area contributed by atoms with E-state index in [1.54, 1.807) is 23.6 Å². The Balaban J connectivity index is 1.33. The second kappa shape index (κ2) is 6.28. The number of carbonyl (C=O) groups excluding carboxylic acids is 1. The van der Waals surface area contributed by atoms with Gasteiger partial charge in [0.15, 0.2) is 0 Å². The van der Waals surface area contributed by atoms with Crippen molar-refractivity contribution in [3.63, 3.8) is 0 Å². The van der Waals surface area contributed by atoms with Crippen molar-refractivity contribution in [3.05, 3.63) is 40.1 Å². The lowest BCUT2D eigenvalue weighted by Crippen LogP contribution is -2.41. The van der Waals surface area contributed by atoms with Gasteiger partial charge >= 0.3 is 0 Å². The molecule has 0 aromatic carbocycles. The molecular weight excluding hydrogens is 334 g/mol. The SMILES string of the molecule is CN(Cc1nccs1)C1CC12CCN(C(=O)c1cc(C#N)c[nH]1)CC2. The van der Waals surface area contributed by atoms with E-state index in [-0.39, 0.29) is 5.91 Å². The number of carbonyl (C=O) groups is 1. The van der Waals surface area contributed by atoms with Gasteiger partial charge in [0.25, 0.3) is 5.91 Å². The van der Waals surface area contributed by atoms with Crippen LogP contribution in [0.4, 0.5) is 0 Å². The molecule has 3 heterocycles. The average molecular weight is 355 g/mol. The van der Waals surface area contributed by atoms with E-state index in [0.717, 1.165) is 37.5 Å². The van der Waals surface area contributed by atoms with Gasteiger partial charge in [-0.2, -0.15) is 5.26 Å². The fourth-order valence-corrected chi connectivity index (χ4v) is 4.73. The predicted molar refractivity (Wildman–Crippen MR) is 95.1 cm³/mol. The van der Waals surface area contributed by atoms with Crippen LogP contribution in [0.2, 0.25) is 0 Å². The Labute approximate surface area is 151 Å². The van der Waals surface area contributed by atoms with E-state index in [9.17, 15) is 4.79 Å². The number of rotatable bonds is 4. The van der Waals surface area contributed by atoms with Gasteiger partial charge in [-0.05, 0) is 37.8 Å². The largest absolute Gasteiger partial charge is 0.356 e. The smallest absolute Gasteiger partial charge is 0.270 e. The summed E-state index contributed by atoms with van der Waals surface area (Å²) in [4.78, 5) is 24.2. The molecule has 0 bridgehead atoms. The number of piperidine rings is 1. The van der Waals surface area contributed by atoms with Gasteiger partial charge in [-0.3, -0.25) is 9.69 Å². The van der Waals surface area contributed by atoms with E-state index in [1.165, 1.54) is 6.42 Å². The summed E-state index contributed by atoms with van der Waals surface area (Å²) in [7, 11) is 2.18. The zero-order chi connectivity index (χ0) is 17.4. The zero-order valence-corrected chi connectivity index (χ0v) is 15.1. The Morgan fingerprint density at radius 3 is 3.00 bits per heavy atom. The molecule has 2 aromatic rings. The molecule has 1 saturated heterocycles. The Morgan fingerprint density at radius 1 is 1.56 bits per heavy atom. The summed E-state index contributed by atoms with van der Waals surface area (Å²) >= 11 is 1.71. The molecule has 130 valence electrons. The fraction of sp³-hybridized carbons (Fsp3) is 0.500. The van der Waals surface area contributed by atoms with Gasteiger partial charge in [0, 0.05) is 36.9 Å². The van der Waals surface area contributed by atoms with Gasteiger partial charge in [0.05, 0.1) is 12.1 Å². The highest BCUT2D eigenvalue weighted by Crippen LogP contribution is 2.56. The Bertz CT molecular complexity index is 798. The molecule has 1 aliphatic carbocycles. The van der Waals surface area contributed by atoms with Crippen LogP contribution in [0.25, 0.3) is 0 Å². The maximum atomic E-state index is 12.6. The van der Waals surface area contributed by atoms with E-state index >= 15 is 0 Å². The highest BCUT2D eigenvalue weighted by atomic mass is 32.1. The summed E-state index contributed by atoms with van der Waals surface area (Å²) in [6.45, 7) is 2.49. The van der Waals surface area contributed by atoms with Gasteiger partial charge < -0.3 is 9.88 Å². The van der Waals surface area contributed by atoms with Gasteiger partial charge in [-0.15, -0.1) is 11.3 Å². The number of likely N-dealkylation sites (tertiary alicyclic amines) is 1. The number of amides is 1. The van der Waals surface area contributed by atoms with Crippen LogP contribution in [0, 0.1) is 16.7 Å². The molecule has 2 aliphatic rings. The Kier molecular flexibility index (Phi) is 4.10. The number of nitrogens with zero attached hydrogens (tertiary/aromatic N) is 4. The Morgan fingerprint density at radius 2 is 2.36 bits per heavy atom. The lowest BCUT2D eigenvalue weighted by Gasteiger charge is -2.34. The molecule has 1 unspecified atom stereocenters. The third kappa shape index (κ3) is 3.08. The molecule has 1 aliphatic heterocycles. The van der Waals surface area contributed by atoms with Crippen molar-refractivity contribution in [3.8, 4) is 6.07 Å². The molecule has 1 spiro atoms. The maximum absolute atomic E-state index is 12.6. The molecule has 2 aromatic heterocycles. The first kappa shape index (κ1) is 16.3. The number of hydrogen-bond donors (Lipinski definition) is 1. The highest BCUT2D eigenvalue weighted by molar-refractivity contribution is 7.09. The third-order valence-electron chi connectivity index (χ3n) is 5.64. The molecule has 1 amide bonds. The van der Waals surface area contributed by atoms with Crippen molar-refractivity contribution in [1.82, 2.24) is 19.8 Å². The standard InChI is InChI=1S/C18H21N5OS/c1-22(12-16-20-4-7-25-16)15-9-18(15)2-5-23(6-3-18)17(24)14-8-13(10-19)11-21-14/h4,7-8,11,15,21H,2-3,5-6,9,12H2,1H3. The number of nitriles is 1. The molecule has 2 fully saturated rings. The summed E-state index contributed by atoms with van der Waals surface area (Å²) in [5, 5.41) is 12.1. The number of H-pyrrole nitrogens is 1. The minimum absolute atomic E-state index is 0.00434. The first-order valence-electron chi connectivity index (χ1n) is 8.58. The van der Waals surface area contributed by atoms with Crippen LogP contribution in [0.3, 0.4) is 0 Å². The van der Waals surface area contributed by atoms with Crippen LogP contribution in [-0.2, 0) is 6.54 Å². The van der Waals surface area contributed by atoms with E-state index in [2.05, 4.69) is 28.0 Å². The number of aromatic amines is 1. The van der Waals surface area contributed by atoms with Crippen molar-refractivity contribution in [1.29, 1.82) is 5.26 Å². The van der Waals surface area contributed by atoms with Crippen molar-refractivity contribution < 1.29 is 4.79 Å². The van der Waals surface area contributed by atoms with Crippen molar-refractivity contribution in [2.24, 2.45) is 5.41 Å². The van der Waals surface area contributed by atoms with E-state index in [1.807, 2.05) is 16.5 Å². The predicted octanol–water partition coefficient (Wildman–Crippen LogP) is 2.47. The van der Waals surface area contributed by atoms with Crippen molar-refractivity contribution in [2.45, 2.75) is 31.8 Å². The zero-order valence-electron chi connectivity index (χ0n) is 14.2. The molecule has 7 heteroatoms. The van der Waals surface area contributed by atoms with Gasteiger partial charge in [0.2, 0.25) is 0 Å². The molecule has 1 N–H and O–H groups in total. The van der Waals surface area contributed by atoms with E-state index < -0.39 is 0 Å². The minimum Gasteiger partial charge on any atom is -0.356 e. The summed E-state index contributed by atoms with van der Waals surface area (Å²) < 4.78 is 0. The monoisotopic (exact) mass is 355 g/mol. The maximum Gasteiger partial charge on any atom is 0.270 e. The summed E-state index contributed by atoms with van der Waals surface area (Å²) in [6, 6.07) is 4.29. The third-order valence-corrected chi connectivity index (χ3v) is 6.40. The molecule has 6 nitrogen and oxygen atoms in total. The molecule has 25 heavy (non-hydrogen) atoms. The highest BCUT2D eigenvalue weighted by Gasteiger charge is 2.56. The summed E-state index contributed by atoms with van der Waals surface area (Å²) in [5.41, 5.74) is 1.39. The van der Waals surface area contributed by atoms with E-state index in [0.29, 0.717) is 22.7 Å². The number of aromatic nitrogens is 2. The van der Waals surface area contributed by atoms with Gasteiger partial charge in [0.1, 0.15) is 16.8 Å². The van der Waals surface area contributed by atoms with Gasteiger partial charge in [-0.1, -0.05) is 0 Å². The second-order valence-corrected chi connectivity index (χ2v) is 8.11. The van der Waals surface area contributed by atoms with Gasteiger partial charge in [-0.25, -0.2) is 4.98 Å². The number of hydrogen-bond acceptors (Lipinski definition) is 5. The van der Waals surface area contributed by atoms with E-state index in [4.69, 9.17) is 5.26 Å². The average Bonchev–Trinajstić information content (AvgIpc) is 3.02. The van der Waals surface area contributed by atoms with Crippen LogP contribution in [0.15, 0.2) is 23.8 Å². The first-order valence-corrected chi connectivity index (χ1v) is 9.46.